The summed E-state index contributed by atoms with van der Waals surface area (Å²) in [5, 5.41) is 6.03. The first kappa shape index (κ1) is 20.8. The minimum absolute atomic E-state index is 0.228. The number of aryl methyl sites for hydroxylation is 3. The summed E-state index contributed by atoms with van der Waals surface area (Å²) in [5.41, 5.74) is 7.00. The van der Waals surface area contributed by atoms with Crippen LogP contribution in [-0.4, -0.2) is 16.0 Å². The van der Waals surface area contributed by atoms with Crippen LogP contribution in [0.25, 0.3) is 22.6 Å². The van der Waals surface area contributed by atoms with Crippen LogP contribution in [-0.2, 0) is 6.42 Å². The maximum Gasteiger partial charge on any atom is 0.257 e. The standard InChI is InChI=1S/C25H23N3O2S/c1-4-17-8-9-22-21(13-17)27-24(30-22)18-6-5-7-20(14-18)26-25(31)28-23(29)19-11-15(2)10-16(3)12-19/h5-14H,4H2,1-3H3,(H2,26,28,29,31). The van der Waals surface area contributed by atoms with Gasteiger partial charge in [0.25, 0.3) is 5.91 Å². The van der Waals surface area contributed by atoms with Crippen LogP contribution in [0.5, 0.6) is 0 Å². The van der Waals surface area contributed by atoms with E-state index >= 15 is 0 Å². The fourth-order valence-electron chi connectivity index (χ4n) is 3.49. The Morgan fingerprint density at radius 1 is 1.03 bits per heavy atom. The molecule has 4 rings (SSSR count). The van der Waals surface area contributed by atoms with E-state index in [0.717, 1.165) is 39.9 Å². The second kappa shape index (κ2) is 8.70. The third-order valence-corrected chi connectivity index (χ3v) is 5.14. The molecule has 1 aromatic heterocycles. The van der Waals surface area contributed by atoms with Crippen molar-refractivity contribution in [1.29, 1.82) is 0 Å². The zero-order chi connectivity index (χ0) is 22.0. The van der Waals surface area contributed by atoms with Crippen molar-refractivity contribution in [2.75, 3.05) is 5.32 Å². The number of rotatable bonds is 4. The van der Waals surface area contributed by atoms with Crippen molar-refractivity contribution in [1.82, 2.24) is 10.3 Å². The smallest absolute Gasteiger partial charge is 0.257 e. The number of carbonyl (C=O) groups is 1. The molecule has 0 unspecified atom stereocenters. The Labute approximate surface area is 186 Å². The minimum atomic E-state index is -0.244. The van der Waals surface area contributed by atoms with Gasteiger partial charge in [-0.05, 0) is 80.5 Å². The molecular weight excluding hydrogens is 406 g/mol. The Kier molecular flexibility index (Phi) is 5.82. The van der Waals surface area contributed by atoms with Crippen molar-refractivity contribution in [3.63, 3.8) is 0 Å². The number of anilines is 1. The molecule has 5 nitrogen and oxygen atoms in total. The second-order valence-electron chi connectivity index (χ2n) is 7.54. The van der Waals surface area contributed by atoms with Crippen molar-refractivity contribution in [2.24, 2.45) is 0 Å². The van der Waals surface area contributed by atoms with E-state index < -0.39 is 0 Å². The van der Waals surface area contributed by atoms with E-state index in [0.29, 0.717) is 11.5 Å². The summed E-state index contributed by atoms with van der Waals surface area (Å²) >= 11 is 5.34. The minimum Gasteiger partial charge on any atom is -0.436 e. The number of aromatic nitrogens is 1. The van der Waals surface area contributed by atoms with Gasteiger partial charge in [-0.2, -0.15) is 0 Å². The zero-order valence-electron chi connectivity index (χ0n) is 17.7. The van der Waals surface area contributed by atoms with E-state index in [4.69, 9.17) is 16.6 Å². The number of thiocarbonyl (C=S) groups is 1. The summed E-state index contributed by atoms with van der Waals surface area (Å²) in [6.45, 7) is 6.03. The number of nitrogens with one attached hydrogen (secondary N) is 2. The molecule has 0 aliphatic rings. The number of hydrogen-bond acceptors (Lipinski definition) is 4. The Hall–Kier alpha value is -3.51. The van der Waals surface area contributed by atoms with Gasteiger partial charge in [-0.1, -0.05) is 36.2 Å². The van der Waals surface area contributed by atoms with E-state index in [-0.39, 0.29) is 11.0 Å². The molecule has 156 valence electrons. The lowest BCUT2D eigenvalue weighted by Gasteiger charge is -2.11. The summed E-state index contributed by atoms with van der Waals surface area (Å²) in [6.07, 6.45) is 0.947. The molecule has 4 aromatic rings. The maximum atomic E-state index is 12.5. The predicted octanol–water partition coefficient (Wildman–Crippen LogP) is 5.80. The molecule has 1 heterocycles. The highest BCUT2D eigenvalue weighted by molar-refractivity contribution is 7.80. The molecule has 1 amide bonds. The van der Waals surface area contributed by atoms with E-state index in [1.54, 1.807) is 0 Å². The van der Waals surface area contributed by atoms with Crippen LogP contribution in [0, 0.1) is 13.8 Å². The van der Waals surface area contributed by atoms with Gasteiger partial charge in [-0.25, -0.2) is 4.98 Å². The third kappa shape index (κ3) is 4.81. The number of fused-ring (bicyclic) bond motifs is 1. The lowest BCUT2D eigenvalue weighted by molar-refractivity contribution is 0.0977. The lowest BCUT2D eigenvalue weighted by Crippen LogP contribution is -2.34. The maximum absolute atomic E-state index is 12.5. The molecule has 0 bridgehead atoms. The van der Waals surface area contributed by atoms with Gasteiger partial charge in [0, 0.05) is 16.8 Å². The summed E-state index contributed by atoms with van der Waals surface area (Å²) < 4.78 is 5.92. The first-order valence-corrected chi connectivity index (χ1v) is 10.5. The van der Waals surface area contributed by atoms with Crippen molar-refractivity contribution >= 4 is 40.0 Å². The van der Waals surface area contributed by atoms with E-state index in [1.807, 2.05) is 74.5 Å². The number of hydrogen-bond donors (Lipinski definition) is 2. The molecule has 0 saturated carbocycles. The van der Waals surface area contributed by atoms with Crippen LogP contribution in [0.4, 0.5) is 5.69 Å². The number of oxazole rings is 1. The Bertz CT molecular complexity index is 1270. The van der Waals surface area contributed by atoms with Gasteiger partial charge in [0.2, 0.25) is 5.89 Å². The highest BCUT2D eigenvalue weighted by atomic mass is 32.1. The molecule has 6 heteroatoms. The molecule has 0 saturated heterocycles. The first-order chi connectivity index (χ1) is 14.9. The summed E-state index contributed by atoms with van der Waals surface area (Å²) in [5.74, 6) is 0.295. The largest absolute Gasteiger partial charge is 0.436 e. The van der Waals surface area contributed by atoms with Crippen molar-refractivity contribution in [2.45, 2.75) is 27.2 Å². The topological polar surface area (TPSA) is 67.2 Å². The molecule has 0 aliphatic carbocycles. The Morgan fingerprint density at radius 3 is 2.55 bits per heavy atom. The fourth-order valence-corrected chi connectivity index (χ4v) is 3.70. The van der Waals surface area contributed by atoms with Crippen LogP contribution >= 0.6 is 12.2 Å². The normalized spacial score (nSPS) is 10.8. The summed E-state index contributed by atoms with van der Waals surface area (Å²) in [7, 11) is 0. The number of benzene rings is 3. The van der Waals surface area contributed by atoms with Crippen LogP contribution < -0.4 is 10.6 Å². The van der Waals surface area contributed by atoms with Gasteiger partial charge in [0.15, 0.2) is 10.7 Å². The lowest BCUT2D eigenvalue weighted by atomic mass is 10.1. The van der Waals surface area contributed by atoms with Gasteiger partial charge < -0.3 is 9.73 Å². The van der Waals surface area contributed by atoms with E-state index in [9.17, 15) is 4.79 Å². The molecule has 31 heavy (non-hydrogen) atoms. The predicted molar refractivity (Wildman–Crippen MR) is 128 cm³/mol. The van der Waals surface area contributed by atoms with Crippen molar-refractivity contribution < 1.29 is 9.21 Å². The monoisotopic (exact) mass is 429 g/mol. The molecule has 0 spiro atoms. The van der Waals surface area contributed by atoms with Crippen LogP contribution in [0.3, 0.4) is 0 Å². The molecule has 0 radical (unpaired) electrons. The SMILES string of the molecule is CCc1ccc2oc(-c3cccc(NC(=S)NC(=O)c4cc(C)cc(C)c4)c3)nc2c1. The second-order valence-corrected chi connectivity index (χ2v) is 7.95. The zero-order valence-corrected chi connectivity index (χ0v) is 18.5. The Morgan fingerprint density at radius 2 is 1.81 bits per heavy atom. The van der Waals surface area contributed by atoms with Crippen LogP contribution in [0.2, 0.25) is 0 Å². The molecular formula is C25H23N3O2S. The summed E-state index contributed by atoms with van der Waals surface area (Å²) in [4.78, 5) is 17.1. The molecule has 3 aromatic carbocycles. The highest BCUT2D eigenvalue weighted by Crippen LogP contribution is 2.27. The number of amides is 1. The molecule has 0 aliphatic heterocycles. The van der Waals surface area contributed by atoms with Crippen LogP contribution in [0.15, 0.2) is 65.1 Å². The first-order valence-electron chi connectivity index (χ1n) is 10.1. The van der Waals surface area contributed by atoms with E-state index in [2.05, 4.69) is 22.5 Å². The van der Waals surface area contributed by atoms with Crippen LogP contribution in [0.1, 0.15) is 34.0 Å². The fraction of sp³-hybridized carbons (Fsp3) is 0.160. The van der Waals surface area contributed by atoms with E-state index in [1.165, 1.54) is 5.56 Å². The summed E-state index contributed by atoms with van der Waals surface area (Å²) in [6, 6.07) is 19.3. The number of nitrogens with zero attached hydrogens (tertiary/aromatic N) is 1. The highest BCUT2D eigenvalue weighted by Gasteiger charge is 2.12. The van der Waals surface area contributed by atoms with Gasteiger partial charge in [0.05, 0.1) is 0 Å². The van der Waals surface area contributed by atoms with Gasteiger partial charge in [0.1, 0.15) is 5.52 Å². The average Bonchev–Trinajstić information content (AvgIpc) is 3.16. The third-order valence-electron chi connectivity index (χ3n) is 4.94. The molecule has 0 atom stereocenters. The average molecular weight is 430 g/mol. The Balaban J connectivity index is 1.49. The quantitative estimate of drug-likeness (QED) is 0.401. The van der Waals surface area contributed by atoms with Gasteiger partial charge >= 0.3 is 0 Å². The van der Waals surface area contributed by atoms with Gasteiger partial charge in [-0.3, -0.25) is 10.1 Å². The number of carbonyl (C=O) groups excluding carboxylic acids is 1. The van der Waals surface area contributed by atoms with Crippen molar-refractivity contribution in [3.8, 4) is 11.5 Å². The molecule has 0 fully saturated rings. The van der Waals surface area contributed by atoms with Gasteiger partial charge in [-0.15, -0.1) is 0 Å². The van der Waals surface area contributed by atoms with Crippen molar-refractivity contribution in [3.05, 3.63) is 82.9 Å². The molecule has 2 N–H and O–H groups in total.